The summed E-state index contributed by atoms with van der Waals surface area (Å²) in [6.07, 6.45) is 3.09. The molecule has 0 aliphatic carbocycles. The molecular formula is C17H15N3O3. The lowest BCUT2D eigenvalue weighted by molar-refractivity contribution is -0.119. The SMILES string of the molecule is CNC(=O)Cc1cc2ccccc2n(C(=O)C2=CC=NC2)c1=O. The van der Waals surface area contributed by atoms with Crippen LogP contribution in [0, 0.1) is 0 Å². The second-order valence-corrected chi connectivity index (χ2v) is 5.21. The van der Waals surface area contributed by atoms with Crippen LogP contribution in [-0.2, 0) is 11.2 Å². The van der Waals surface area contributed by atoms with Gasteiger partial charge < -0.3 is 5.32 Å². The van der Waals surface area contributed by atoms with Crippen LogP contribution in [0.25, 0.3) is 10.9 Å². The number of benzene rings is 1. The lowest BCUT2D eigenvalue weighted by atomic mass is 10.1. The molecule has 0 atom stereocenters. The first kappa shape index (κ1) is 14.9. The van der Waals surface area contributed by atoms with Crippen LogP contribution in [-0.4, -0.2) is 36.2 Å². The van der Waals surface area contributed by atoms with Gasteiger partial charge >= 0.3 is 0 Å². The Kier molecular flexibility index (Phi) is 3.89. The molecule has 0 radical (unpaired) electrons. The molecule has 2 heterocycles. The van der Waals surface area contributed by atoms with Gasteiger partial charge in [-0.1, -0.05) is 18.2 Å². The lowest BCUT2D eigenvalue weighted by Gasteiger charge is -2.12. The normalized spacial score (nSPS) is 13.2. The van der Waals surface area contributed by atoms with Crippen LogP contribution >= 0.6 is 0 Å². The first-order valence-electron chi connectivity index (χ1n) is 7.19. The molecule has 1 aliphatic rings. The average Bonchev–Trinajstić information content (AvgIpc) is 3.09. The van der Waals surface area contributed by atoms with E-state index < -0.39 is 11.5 Å². The van der Waals surface area contributed by atoms with E-state index in [2.05, 4.69) is 10.3 Å². The van der Waals surface area contributed by atoms with Crippen LogP contribution in [0.2, 0.25) is 0 Å². The monoisotopic (exact) mass is 309 g/mol. The highest BCUT2D eigenvalue weighted by atomic mass is 16.2. The Balaban J connectivity index is 2.21. The number of nitrogens with one attached hydrogen (secondary N) is 1. The molecule has 1 amide bonds. The van der Waals surface area contributed by atoms with E-state index in [-0.39, 0.29) is 24.4 Å². The summed E-state index contributed by atoms with van der Waals surface area (Å²) in [4.78, 5) is 41.0. The van der Waals surface area contributed by atoms with Crippen LogP contribution in [0.3, 0.4) is 0 Å². The molecule has 0 bridgehead atoms. The lowest BCUT2D eigenvalue weighted by Crippen LogP contribution is -2.33. The van der Waals surface area contributed by atoms with Crippen molar-refractivity contribution in [2.75, 3.05) is 13.6 Å². The quantitative estimate of drug-likeness (QED) is 0.916. The number of aliphatic imine (C=N–C) groups is 1. The number of amides is 1. The second kappa shape index (κ2) is 6.00. The zero-order valence-corrected chi connectivity index (χ0v) is 12.6. The molecule has 23 heavy (non-hydrogen) atoms. The fourth-order valence-electron chi connectivity index (χ4n) is 2.53. The molecule has 1 aromatic heterocycles. The number of rotatable bonds is 3. The summed E-state index contributed by atoms with van der Waals surface area (Å²) < 4.78 is 1.13. The molecule has 116 valence electrons. The van der Waals surface area contributed by atoms with Gasteiger partial charge in [0.25, 0.3) is 11.5 Å². The minimum atomic E-state index is -0.467. The van der Waals surface area contributed by atoms with Crippen LogP contribution in [0.1, 0.15) is 10.4 Å². The number of hydrogen-bond acceptors (Lipinski definition) is 4. The maximum Gasteiger partial charge on any atom is 0.263 e. The van der Waals surface area contributed by atoms with E-state index in [0.29, 0.717) is 11.1 Å². The number of para-hydroxylation sites is 1. The average molecular weight is 309 g/mol. The van der Waals surface area contributed by atoms with Crippen molar-refractivity contribution in [3.8, 4) is 0 Å². The molecule has 3 rings (SSSR count). The third-order valence-electron chi connectivity index (χ3n) is 3.74. The van der Waals surface area contributed by atoms with Gasteiger partial charge in [-0.15, -0.1) is 0 Å². The second-order valence-electron chi connectivity index (χ2n) is 5.21. The molecule has 0 spiro atoms. The Morgan fingerprint density at radius 1 is 1.30 bits per heavy atom. The maximum atomic E-state index is 12.7. The van der Waals surface area contributed by atoms with Crippen LogP contribution in [0.15, 0.2) is 51.8 Å². The Morgan fingerprint density at radius 3 is 2.78 bits per heavy atom. The van der Waals surface area contributed by atoms with Gasteiger partial charge in [-0.25, -0.2) is 4.57 Å². The van der Waals surface area contributed by atoms with Gasteiger partial charge in [0, 0.05) is 24.4 Å². The fraction of sp³-hybridized carbons (Fsp3) is 0.176. The Labute approximate surface area is 132 Å². The first-order valence-corrected chi connectivity index (χ1v) is 7.19. The van der Waals surface area contributed by atoms with E-state index in [1.165, 1.54) is 7.05 Å². The first-order chi connectivity index (χ1) is 11.1. The summed E-state index contributed by atoms with van der Waals surface area (Å²) in [5, 5.41) is 3.22. The standard InChI is InChI=1S/C17H15N3O3/c1-18-15(21)9-13-8-11-4-2-3-5-14(11)20(17(13)23)16(22)12-6-7-19-10-12/h2-8H,9-10H2,1H3,(H,18,21). The zero-order chi connectivity index (χ0) is 16.4. The van der Waals surface area contributed by atoms with Crippen molar-refractivity contribution < 1.29 is 9.59 Å². The summed E-state index contributed by atoms with van der Waals surface area (Å²) >= 11 is 0. The summed E-state index contributed by atoms with van der Waals surface area (Å²) in [5.74, 6) is -0.678. The molecule has 6 nitrogen and oxygen atoms in total. The topological polar surface area (TPSA) is 80.5 Å². The molecule has 0 saturated heterocycles. The van der Waals surface area contributed by atoms with Gasteiger partial charge in [0.1, 0.15) is 0 Å². The molecule has 1 aliphatic heterocycles. The molecule has 0 saturated carbocycles. The van der Waals surface area contributed by atoms with E-state index in [0.717, 1.165) is 9.95 Å². The maximum absolute atomic E-state index is 12.7. The molecule has 0 fully saturated rings. The van der Waals surface area contributed by atoms with Crippen molar-refractivity contribution >= 4 is 28.9 Å². The number of carbonyl (C=O) groups is 2. The van der Waals surface area contributed by atoms with Crippen molar-refractivity contribution in [2.45, 2.75) is 6.42 Å². The van der Waals surface area contributed by atoms with E-state index in [1.807, 2.05) is 12.1 Å². The van der Waals surface area contributed by atoms with E-state index in [4.69, 9.17) is 0 Å². The van der Waals surface area contributed by atoms with E-state index >= 15 is 0 Å². The zero-order valence-electron chi connectivity index (χ0n) is 12.6. The summed E-state index contributed by atoms with van der Waals surface area (Å²) in [5.41, 5.74) is 0.798. The number of aromatic nitrogens is 1. The number of pyridine rings is 1. The number of likely N-dealkylation sites (N-methyl/N-ethyl adjacent to an activating group) is 1. The highest BCUT2D eigenvalue weighted by molar-refractivity contribution is 6.05. The van der Waals surface area contributed by atoms with E-state index in [9.17, 15) is 14.4 Å². The number of allylic oxidation sites excluding steroid dienone is 1. The summed E-state index contributed by atoms with van der Waals surface area (Å²) in [6, 6.07) is 8.78. The third-order valence-corrected chi connectivity index (χ3v) is 3.74. The van der Waals surface area contributed by atoms with Gasteiger partial charge in [0.2, 0.25) is 5.91 Å². The molecule has 0 unspecified atom stereocenters. The molecule has 6 heteroatoms. The molecular weight excluding hydrogens is 294 g/mol. The molecule has 1 aromatic carbocycles. The van der Waals surface area contributed by atoms with Gasteiger partial charge in [-0.05, 0) is 23.6 Å². The fourth-order valence-corrected chi connectivity index (χ4v) is 2.53. The Hall–Kier alpha value is -3.02. The predicted octanol–water partition coefficient (Wildman–Crippen LogP) is 0.941. The van der Waals surface area contributed by atoms with Crippen molar-refractivity contribution in [3.05, 3.63) is 57.9 Å². The predicted molar refractivity (Wildman–Crippen MR) is 88.0 cm³/mol. The van der Waals surface area contributed by atoms with Crippen molar-refractivity contribution in [1.29, 1.82) is 0 Å². The highest BCUT2D eigenvalue weighted by Crippen LogP contribution is 2.16. The minimum Gasteiger partial charge on any atom is -0.359 e. The third kappa shape index (κ3) is 2.70. The van der Waals surface area contributed by atoms with Crippen LogP contribution < -0.4 is 10.9 Å². The van der Waals surface area contributed by atoms with Crippen molar-refractivity contribution in [3.63, 3.8) is 0 Å². The number of nitrogens with zero attached hydrogens (tertiary/aromatic N) is 2. The van der Waals surface area contributed by atoms with E-state index in [1.54, 1.807) is 30.5 Å². The number of carbonyl (C=O) groups excluding carboxylic acids is 2. The van der Waals surface area contributed by atoms with Crippen LogP contribution in [0.4, 0.5) is 0 Å². The smallest absolute Gasteiger partial charge is 0.263 e. The largest absolute Gasteiger partial charge is 0.359 e. The highest BCUT2D eigenvalue weighted by Gasteiger charge is 2.20. The number of fused-ring (bicyclic) bond motifs is 1. The van der Waals surface area contributed by atoms with Crippen LogP contribution in [0.5, 0.6) is 0 Å². The Morgan fingerprint density at radius 2 is 2.09 bits per heavy atom. The van der Waals surface area contributed by atoms with Gasteiger partial charge in [-0.2, -0.15) is 0 Å². The van der Waals surface area contributed by atoms with Gasteiger partial charge in [0.05, 0.1) is 18.5 Å². The molecule has 2 aromatic rings. The van der Waals surface area contributed by atoms with Crippen molar-refractivity contribution in [2.24, 2.45) is 4.99 Å². The molecule has 1 N–H and O–H groups in total. The summed E-state index contributed by atoms with van der Waals surface area (Å²) in [7, 11) is 1.51. The van der Waals surface area contributed by atoms with Crippen molar-refractivity contribution in [1.82, 2.24) is 9.88 Å². The van der Waals surface area contributed by atoms with Gasteiger partial charge in [0.15, 0.2) is 0 Å². The Bertz CT molecular complexity index is 922. The minimum absolute atomic E-state index is 0.0665. The number of hydrogen-bond donors (Lipinski definition) is 1. The van der Waals surface area contributed by atoms with Gasteiger partial charge in [-0.3, -0.25) is 19.4 Å². The summed E-state index contributed by atoms with van der Waals surface area (Å²) in [6.45, 7) is 0.263.